The number of nitrogens with one attached hydrogen (secondary N) is 1. The van der Waals surface area contributed by atoms with E-state index in [-0.39, 0.29) is 18.7 Å². The molecule has 0 radical (unpaired) electrons. The molecule has 1 N–H and O–H groups in total. The molecule has 0 bridgehead atoms. The first-order valence-corrected chi connectivity index (χ1v) is 12.5. The maximum atomic E-state index is 14.5. The second-order valence-electron chi connectivity index (χ2n) is 8.40. The number of aryl methyl sites for hydroxylation is 1. The maximum absolute atomic E-state index is 14.5. The zero-order valence-electron chi connectivity index (χ0n) is 19.0. The van der Waals surface area contributed by atoms with Crippen LogP contribution in [0.4, 0.5) is 4.39 Å². The molecule has 1 aliphatic rings. The van der Waals surface area contributed by atoms with Crippen molar-refractivity contribution in [2.24, 2.45) is 0 Å². The number of sulfonamides is 1. The molecule has 1 aliphatic heterocycles. The normalized spacial score (nSPS) is 13.3. The number of ether oxygens (including phenoxy) is 2. The third kappa shape index (κ3) is 4.65. The smallest absolute Gasteiger partial charge is 0.252 e. The van der Waals surface area contributed by atoms with Gasteiger partial charge >= 0.3 is 0 Å². The van der Waals surface area contributed by atoms with E-state index in [1.807, 2.05) is 31.2 Å². The SMILES string of the molecule is Cc1ccc(CN(Cc2cc3cc4c(cc3[nH]c2=O)OCCO4)S(=O)(=O)c2ccccc2F)cc1. The first-order chi connectivity index (χ1) is 16.8. The molecule has 180 valence electrons. The fraction of sp³-hybridized carbons (Fsp3) is 0.192. The van der Waals surface area contributed by atoms with Gasteiger partial charge in [-0.25, -0.2) is 12.8 Å². The summed E-state index contributed by atoms with van der Waals surface area (Å²) in [5.74, 6) is 0.241. The number of aromatic amines is 1. The van der Waals surface area contributed by atoms with Crippen molar-refractivity contribution in [3.05, 3.63) is 99.6 Å². The number of hydrogen-bond donors (Lipinski definition) is 1. The van der Waals surface area contributed by atoms with E-state index in [1.165, 1.54) is 18.2 Å². The average Bonchev–Trinajstić information content (AvgIpc) is 2.84. The fourth-order valence-electron chi connectivity index (χ4n) is 4.01. The van der Waals surface area contributed by atoms with Gasteiger partial charge in [-0.3, -0.25) is 4.79 Å². The maximum Gasteiger partial charge on any atom is 0.252 e. The van der Waals surface area contributed by atoms with Crippen molar-refractivity contribution in [1.29, 1.82) is 0 Å². The third-order valence-electron chi connectivity index (χ3n) is 5.86. The van der Waals surface area contributed by atoms with E-state index in [2.05, 4.69) is 4.98 Å². The van der Waals surface area contributed by atoms with Gasteiger partial charge in [0, 0.05) is 30.1 Å². The van der Waals surface area contributed by atoms with Crippen LogP contribution in [-0.2, 0) is 23.1 Å². The Morgan fingerprint density at radius 1 is 0.943 bits per heavy atom. The van der Waals surface area contributed by atoms with Gasteiger partial charge < -0.3 is 14.5 Å². The summed E-state index contributed by atoms with van der Waals surface area (Å²) in [6.45, 7) is 2.49. The molecule has 5 rings (SSSR count). The van der Waals surface area contributed by atoms with E-state index in [9.17, 15) is 17.6 Å². The minimum atomic E-state index is -4.26. The first-order valence-electron chi connectivity index (χ1n) is 11.1. The number of fused-ring (bicyclic) bond motifs is 2. The van der Waals surface area contributed by atoms with Gasteiger partial charge in [-0.05, 0) is 36.8 Å². The second kappa shape index (κ2) is 9.16. The fourth-order valence-corrected chi connectivity index (χ4v) is 5.48. The molecule has 0 spiro atoms. The van der Waals surface area contributed by atoms with Crippen LogP contribution in [0.1, 0.15) is 16.7 Å². The van der Waals surface area contributed by atoms with Gasteiger partial charge in [0.05, 0.1) is 5.52 Å². The van der Waals surface area contributed by atoms with Gasteiger partial charge in [0.1, 0.15) is 23.9 Å². The van der Waals surface area contributed by atoms with Crippen molar-refractivity contribution < 1.29 is 22.3 Å². The highest BCUT2D eigenvalue weighted by Gasteiger charge is 2.28. The monoisotopic (exact) mass is 494 g/mol. The van der Waals surface area contributed by atoms with Crippen LogP contribution in [0.2, 0.25) is 0 Å². The highest BCUT2D eigenvalue weighted by molar-refractivity contribution is 7.89. The van der Waals surface area contributed by atoms with E-state index < -0.39 is 26.3 Å². The lowest BCUT2D eigenvalue weighted by Crippen LogP contribution is -2.33. The van der Waals surface area contributed by atoms with Crippen LogP contribution in [0, 0.1) is 12.7 Å². The number of aromatic nitrogens is 1. The third-order valence-corrected chi connectivity index (χ3v) is 7.69. The lowest BCUT2D eigenvalue weighted by Gasteiger charge is -2.23. The van der Waals surface area contributed by atoms with Crippen molar-refractivity contribution in [1.82, 2.24) is 9.29 Å². The molecule has 0 aliphatic carbocycles. The van der Waals surface area contributed by atoms with Crippen molar-refractivity contribution >= 4 is 20.9 Å². The molecule has 7 nitrogen and oxygen atoms in total. The average molecular weight is 495 g/mol. The Kier molecular flexibility index (Phi) is 6.04. The molecule has 2 heterocycles. The first kappa shape index (κ1) is 23.1. The van der Waals surface area contributed by atoms with E-state index >= 15 is 0 Å². The molecule has 35 heavy (non-hydrogen) atoms. The quantitative estimate of drug-likeness (QED) is 0.435. The van der Waals surface area contributed by atoms with Crippen LogP contribution in [0.5, 0.6) is 11.5 Å². The van der Waals surface area contributed by atoms with Gasteiger partial charge in [-0.1, -0.05) is 42.0 Å². The number of rotatable bonds is 6. The molecule has 4 aromatic rings. The lowest BCUT2D eigenvalue weighted by atomic mass is 10.1. The minimum Gasteiger partial charge on any atom is -0.486 e. The summed E-state index contributed by atoms with van der Waals surface area (Å²) in [5, 5.41) is 0.669. The molecule has 3 aromatic carbocycles. The van der Waals surface area contributed by atoms with Crippen LogP contribution in [-0.4, -0.2) is 30.9 Å². The number of benzene rings is 3. The summed E-state index contributed by atoms with van der Waals surface area (Å²) >= 11 is 0. The molecule has 1 aromatic heterocycles. The van der Waals surface area contributed by atoms with Crippen LogP contribution >= 0.6 is 0 Å². The Morgan fingerprint density at radius 3 is 2.34 bits per heavy atom. The van der Waals surface area contributed by atoms with Crippen molar-refractivity contribution in [3.63, 3.8) is 0 Å². The molecule has 0 fully saturated rings. The van der Waals surface area contributed by atoms with Crippen molar-refractivity contribution in [2.45, 2.75) is 24.9 Å². The zero-order chi connectivity index (χ0) is 24.6. The lowest BCUT2D eigenvalue weighted by molar-refractivity contribution is 0.172. The Hall–Kier alpha value is -3.69. The van der Waals surface area contributed by atoms with Gasteiger partial charge in [0.2, 0.25) is 10.0 Å². The van der Waals surface area contributed by atoms with Gasteiger partial charge in [0.25, 0.3) is 5.56 Å². The van der Waals surface area contributed by atoms with E-state index in [0.717, 1.165) is 15.9 Å². The number of H-pyrrole nitrogens is 1. The summed E-state index contributed by atoms with van der Waals surface area (Å²) in [6, 6.07) is 17.7. The number of hydrogen-bond acceptors (Lipinski definition) is 5. The molecular weight excluding hydrogens is 471 g/mol. The number of nitrogens with zero attached hydrogens (tertiary/aromatic N) is 1. The van der Waals surface area contributed by atoms with Crippen LogP contribution in [0.25, 0.3) is 10.9 Å². The molecule has 0 atom stereocenters. The van der Waals surface area contributed by atoms with Crippen molar-refractivity contribution in [3.8, 4) is 11.5 Å². The van der Waals surface area contributed by atoms with E-state index in [1.54, 1.807) is 18.2 Å². The van der Waals surface area contributed by atoms with Gasteiger partial charge in [0.15, 0.2) is 11.5 Å². The summed E-state index contributed by atoms with van der Waals surface area (Å²) in [5.41, 5.74) is 2.07. The molecule has 0 unspecified atom stereocenters. The predicted molar refractivity (Wildman–Crippen MR) is 130 cm³/mol. The Bertz CT molecular complexity index is 1570. The van der Waals surface area contributed by atoms with E-state index in [4.69, 9.17) is 9.47 Å². The highest BCUT2D eigenvalue weighted by Crippen LogP contribution is 2.34. The largest absolute Gasteiger partial charge is 0.486 e. The Morgan fingerprint density at radius 2 is 1.63 bits per heavy atom. The summed E-state index contributed by atoms with van der Waals surface area (Å²) in [4.78, 5) is 15.3. The number of pyridine rings is 1. The standard InChI is InChI=1S/C26H23FN2O5S/c1-17-6-8-18(9-7-17)15-29(35(31,32)25-5-3-2-4-21(25)27)16-20-12-19-13-23-24(34-11-10-33-23)14-22(19)28-26(20)30/h2-9,12-14H,10-11,15-16H2,1H3,(H,28,30). The molecule has 0 amide bonds. The summed E-state index contributed by atoms with van der Waals surface area (Å²) in [6.07, 6.45) is 0. The summed E-state index contributed by atoms with van der Waals surface area (Å²) in [7, 11) is -4.26. The molecular formula is C26H23FN2O5S. The molecule has 9 heteroatoms. The van der Waals surface area contributed by atoms with Crippen molar-refractivity contribution in [2.75, 3.05) is 13.2 Å². The second-order valence-corrected chi connectivity index (χ2v) is 10.3. The van der Waals surface area contributed by atoms with Crippen LogP contribution < -0.4 is 15.0 Å². The Labute approximate surface area is 201 Å². The Balaban J connectivity index is 1.57. The molecule has 0 saturated carbocycles. The van der Waals surface area contributed by atoms with Crippen LogP contribution in [0.15, 0.2) is 76.4 Å². The number of halogens is 1. The minimum absolute atomic E-state index is 0.0322. The van der Waals surface area contributed by atoms with Gasteiger partial charge in [-0.15, -0.1) is 0 Å². The summed E-state index contributed by atoms with van der Waals surface area (Å²) < 4.78 is 53.9. The highest BCUT2D eigenvalue weighted by atomic mass is 32.2. The predicted octanol–water partition coefficient (Wildman–Crippen LogP) is 4.14. The molecule has 0 saturated heterocycles. The zero-order valence-corrected chi connectivity index (χ0v) is 19.8. The van der Waals surface area contributed by atoms with Crippen LogP contribution in [0.3, 0.4) is 0 Å². The topological polar surface area (TPSA) is 88.7 Å². The van der Waals surface area contributed by atoms with Gasteiger partial charge in [-0.2, -0.15) is 4.31 Å². The van der Waals surface area contributed by atoms with E-state index in [0.29, 0.717) is 41.2 Å².